The summed E-state index contributed by atoms with van der Waals surface area (Å²) >= 11 is 0. The Bertz CT molecular complexity index is 442. The largest absolute Gasteiger partial charge is 0.377 e. The van der Waals surface area contributed by atoms with Crippen molar-refractivity contribution in [3.8, 4) is 0 Å². The molecule has 0 bridgehead atoms. The normalized spacial score (nSPS) is 18.2. The number of nitrogens with zero attached hydrogens (tertiary/aromatic N) is 1. The summed E-state index contributed by atoms with van der Waals surface area (Å²) in [4.78, 5) is 14.1. The number of ether oxygens (including phenoxy) is 1. The Kier molecular flexibility index (Phi) is 5.56. The average Bonchev–Trinajstić information content (AvgIpc) is 2.93. The van der Waals surface area contributed by atoms with Gasteiger partial charge in [-0.2, -0.15) is 0 Å². The highest BCUT2D eigenvalue weighted by atomic mass is 16.5. The van der Waals surface area contributed by atoms with E-state index >= 15 is 0 Å². The van der Waals surface area contributed by atoms with Crippen LogP contribution in [0.1, 0.15) is 25.3 Å². The number of amides is 1. The molecular weight excluding hydrogens is 252 g/mol. The van der Waals surface area contributed by atoms with Crippen molar-refractivity contribution in [2.45, 2.75) is 32.8 Å². The fourth-order valence-electron chi connectivity index (χ4n) is 2.54. The van der Waals surface area contributed by atoms with Gasteiger partial charge in [-0.05, 0) is 44.4 Å². The Morgan fingerprint density at radius 2 is 2.35 bits per heavy atom. The fourth-order valence-corrected chi connectivity index (χ4v) is 2.54. The summed E-state index contributed by atoms with van der Waals surface area (Å²) in [6.07, 6.45) is 2.50. The van der Waals surface area contributed by atoms with Crippen LogP contribution in [-0.2, 0) is 9.53 Å². The van der Waals surface area contributed by atoms with Gasteiger partial charge in [0.2, 0.25) is 5.91 Å². The first-order valence-electron chi connectivity index (χ1n) is 7.40. The Hall–Kier alpha value is -1.39. The summed E-state index contributed by atoms with van der Waals surface area (Å²) in [5.41, 5.74) is 2.14. The fraction of sp³-hybridized carbons (Fsp3) is 0.562. The Morgan fingerprint density at radius 3 is 3.00 bits per heavy atom. The van der Waals surface area contributed by atoms with Crippen molar-refractivity contribution in [1.29, 1.82) is 0 Å². The summed E-state index contributed by atoms with van der Waals surface area (Å²) in [7, 11) is 0. The second kappa shape index (κ2) is 7.41. The van der Waals surface area contributed by atoms with Crippen molar-refractivity contribution in [3.63, 3.8) is 0 Å². The van der Waals surface area contributed by atoms with Crippen LogP contribution in [0.25, 0.3) is 0 Å². The summed E-state index contributed by atoms with van der Waals surface area (Å²) in [5.74, 6) is 0.107. The van der Waals surface area contributed by atoms with E-state index in [4.69, 9.17) is 4.74 Å². The van der Waals surface area contributed by atoms with E-state index in [1.165, 1.54) is 5.56 Å². The molecule has 1 atom stereocenters. The quantitative estimate of drug-likeness (QED) is 0.865. The molecule has 1 amide bonds. The highest BCUT2D eigenvalue weighted by molar-refractivity contribution is 5.94. The van der Waals surface area contributed by atoms with E-state index in [0.29, 0.717) is 13.1 Å². The van der Waals surface area contributed by atoms with Crippen LogP contribution in [-0.4, -0.2) is 38.3 Å². The number of carbonyl (C=O) groups is 1. The van der Waals surface area contributed by atoms with Gasteiger partial charge in [0.1, 0.15) is 0 Å². The molecule has 2 rings (SSSR count). The van der Waals surface area contributed by atoms with Crippen LogP contribution in [0.4, 0.5) is 5.69 Å². The van der Waals surface area contributed by atoms with Crippen molar-refractivity contribution in [2.75, 3.05) is 31.1 Å². The summed E-state index contributed by atoms with van der Waals surface area (Å²) in [6, 6.07) is 8.05. The maximum absolute atomic E-state index is 12.3. The standard InChI is InChI=1S/C16H24N2O2/c1-3-18(14-7-4-6-13(2)10-14)16(19)12-17-11-15-8-5-9-20-15/h4,6-7,10,15,17H,3,5,8-9,11-12H2,1-2H3. The molecule has 4 heteroatoms. The minimum atomic E-state index is 0.107. The van der Waals surface area contributed by atoms with Gasteiger partial charge in [0.05, 0.1) is 12.6 Å². The van der Waals surface area contributed by atoms with Crippen molar-refractivity contribution in [2.24, 2.45) is 0 Å². The molecule has 0 radical (unpaired) electrons. The molecule has 110 valence electrons. The molecule has 4 nitrogen and oxygen atoms in total. The van der Waals surface area contributed by atoms with Gasteiger partial charge >= 0.3 is 0 Å². The molecule has 1 unspecified atom stereocenters. The molecule has 0 spiro atoms. The summed E-state index contributed by atoms with van der Waals surface area (Å²) in [5, 5.41) is 3.21. The number of anilines is 1. The third-order valence-corrected chi connectivity index (χ3v) is 3.60. The number of carbonyl (C=O) groups excluding carboxylic acids is 1. The monoisotopic (exact) mass is 276 g/mol. The Balaban J connectivity index is 1.85. The maximum atomic E-state index is 12.3. The molecule has 1 aromatic rings. The van der Waals surface area contributed by atoms with Crippen LogP contribution in [0, 0.1) is 6.92 Å². The maximum Gasteiger partial charge on any atom is 0.240 e. The van der Waals surface area contributed by atoms with Crippen LogP contribution < -0.4 is 10.2 Å². The van der Waals surface area contributed by atoms with E-state index < -0.39 is 0 Å². The lowest BCUT2D eigenvalue weighted by Crippen LogP contribution is -2.40. The number of hydrogen-bond donors (Lipinski definition) is 1. The molecular formula is C16H24N2O2. The minimum Gasteiger partial charge on any atom is -0.377 e. The summed E-state index contributed by atoms with van der Waals surface area (Å²) < 4.78 is 5.53. The number of likely N-dealkylation sites (N-methyl/N-ethyl adjacent to an activating group) is 1. The van der Waals surface area contributed by atoms with Crippen LogP contribution in [0.5, 0.6) is 0 Å². The second-order valence-corrected chi connectivity index (χ2v) is 5.24. The van der Waals surface area contributed by atoms with E-state index in [9.17, 15) is 4.79 Å². The highest BCUT2D eigenvalue weighted by Gasteiger charge is 2.17. The van der Waals surface area contributed by atoms with E-state index in [2.05, 4.69) is 5.32 Å². The third kappa shape index (κ3) is 4.05. The SMILES string of the molecule is CCN(C(=O)CNCC1CCCO1)c1cccc(C)c1. The molecule has 0 saturated carbocycles. The van der Waals surface area contributed by atoms with Gasteiger partial charge in [0.25, 0.3) is 0 Å². The van der Waals surface area contributed by atoms with Gasteiger partial charge in [0.15, 0.2) is 0 Å². The van der Waals surface area contributed by atoms with Crippen LogP contribution in [0.3, 0.4) is 0 Å². The van der Waals surface area contributed by atoms with Crippen LogP contribution in [0.2, 0.25) is 0 Å². The summed E-state index contributed by atoms with van der Waals surface area (Å²) in [6.45, 7) is 6.70. The number of hydrogen-bond acceptors (Lipinski definition) is 3. The first-order chi connectivity index (χ1) is 9.70. The smallest absolute Gasteiger partial charge is 0.240 e. The number of aryl methyl sites for hydroxylation is 1. The van der Waals surface area contributed by atoms with Gasteiger partial charge in [-0.25, -0.2) is 0 Å². The van der Waals surface area contributed by atoms with Crippen LogP contribution in [0.15, 0.2) is 24.3 Å². The van der Waals surface area contributed by atoms with Crippen molar-refractivity contribution in [3.05, 3.63) is 29.8 Å². The highest BCUT2D eigenvalue weighted by Crippen LogP contribution is 2.16. The molecule has 1 N–H and O–H groups in total. The molecule has 0 aromatic heterocycles. The Labute approximate surface area is 121 Å². The molecule has 1 saturated heterocycles. The predicted molar refractivity (Wildman–Crippen MR) is 81.0 cm³/mol. The van der Waals surface area contributed by atoms with Crippen molar-refractivity contribution in [1.82, 2.24) is 5.32 Å². The lowest BCUT2D eigenvalue weighted by atomic mass is 10.2. The number of benzene rings is 1. The van der Waals surface area contributed by atoms with Gasteiger partial charge in [-0.1, -0.05) is 12.1 Å². The number of rotatable bonds is 6. The van der Waals surface area contributed by atoms with E-state index in [0.717, 1.165) is 31.7 Å². The lowest BCUT2D eigenvalue weighted by molar-refractivity contribution is -0.117. The van der Waals surface area contributed by atoms with Gasteiger partial charge in [-0.3, -0.25) is 4.79 Å². The van der Waals surface area contributed by atoms with E-state index in [1.807, 2.05) is 43.0 Å². The molecule has 1 fully saturated rings. The number of nitrogens with one attached hydrogen (secondary N) is 1. The zero-order valence-electron chi connectivity index (χ0n) is 12.4. The van der Waals surface area contributed by atoms with Crippen molar-refractivity contribution >= 4 is 11.6 Å². The second-order valence-electron chi connectivity index (χ2n) is 5.24. The molecule has 1 aromatic carbocycles. The molecule has 1 heterocycles. The molecule has 1 aliphatic rings. The Morgan fingerprint density at radius 1 is 1.50 bits per heavy atom. The van der Waals surface area contributed by atoms with Gasteiger partial charge in [0, 0.05) is 25.4 Å². The zero-order chi connectivity index (χ0) is 14.4. The third-order valence-electron chi connectivity index (χ3n) is 3.60. The molecule has 0 aliphatic carbocycles. The first-order valence-corrected chi connectivity index (χ1v) is 7.40. The van der Waals surface area contributed by atoms with E-state index in [-0.39, 0.29) is 12.0 Å². The molecule has 20 heavy (non-hydrogen) atoms. The zero-order valence-corrected chi connectivity index (χ0v) is 12.4. The topological polar surface area (TPSA) is 41.6 Å². The van der Waals surface area contributed by atoms with Gasteiger partial charge in [-0.15, -0.1) is 0 Å². The van der Waals surface area contributed by atoms with Crippen molar-refractivity contribution < 1.29 is 9.53 Å². The van der Waals surface area contributed by atoms with Gasteiger partial charge < -0.3 is 15.0 Å². The average molecular weight is 276 g/mol. The molecule has 1 aliphatic heterocycles. The van der Waals surface area contributed by atoms with Crippen LogP contribution >= 0.6 is 0 Å². The lowest BCUT2D eigenvalue weighted by Gasteiger charge is -2.22. The van der Waals surface area contributed by atoms with E-state index in [1.54, 1.807) is 0 Å². The minimum absolute atomic E-state index is 0.107. The predicted octanol–water partition coefficient (Wildman–Crippen LogP) is 2.12. The first kappa shape index (κ1) is 15.0.